The molecule has 1 aliphatic rings. The van der Waals surface area contributed by atoms with Gasteiger partial charge in [-0.2, -0.15) is 0 Å². The minimum atomic E-state index is -3.25. The summed E-state index contributed by atoms with van der Waals surface area (Å²) in [6.45, 7) is 6.35. The summed E-state index contributed by atoms with van der Waals surface area (Å²) in [6, 6.07) is 12.5. The van der Waals surface area contributed by atoms with E-state index in [2.05, 4.69) is 5.32 Å². The van der Waals surface area contributed by atoms with Crippen molar-refractivity contribution in [2.75, 3.05) is 18.8 Å². The number of carbonyl (C=O) groups is 1. The van der Waals surface area contributed by atoms with Gasteiger partial charge < -0.3 is 5.32 Å². The molecule has 0 bridgehead atoms. The Morgan fingerprint density at radius 3 is 2.47 bits per heavy atom. The van der Waals surface area contributed by atoms with Gasteiger partial charge in [0.05, 0.1) is 16.3 Å². The summed E-state index contributed by atoms with van der Waals surface area (Å²) >= 11 is 6.20. The topological polar surface area (TPSA) is 79.4 Å². The number of pyridine rings is 1. The molecule has 1 aliphatic heterocycles. The van der Waals surface area contributed by atoms with Crippen LogP contribution < -0.4 is 5.32 Å². The van der Waals surface area contributed by atoms with Crippen molar-refractivity contribution in [1.82, 2.24) is 14.6 Å². The van der Waals surface area contributed by atoms with Crippen molar-refractivity contribution in [2.45, 2.75) is 45.1 Å². The average Bonchev–Trinajstić information content (AvgIpc) is 2.74. The van der Waals surface area contributed by atoms with Gasteiger partial charge in [-0.3, -0.25) is 9.78 Å². The van der Waals surface area contributed by atoms with Crippen molar-refractivity contribution < 1.29 is 13.2 Å². The van der Waals surface area contributed by atoms with Crippen LogP contribution in [0.3, 0.4) is 0 Å². The van der Waals surface area contributed by atoms with Gasteiger partial charge in [-0.1, -0.05) is 29.8 Å². The number of halogens is 1. The van der Waals surface area contributed by atoms with Gasteiger partial charge in [0.25, 0.3) is 5.91 Å². The van der Waals surface area contributed by atoms with E-state index in [1.807, 2.05) is 32.0 Å². The Morgan fingerprint density at radius 2 is 1.87 bits per heavy atom. The van der Waals surface area contributed by atoms with E-state index in [0.29, 0.717) is 36.5 Å². The van der Waals surface area contributed by atoms with E-state index in [1.165, 1.54) is 0 Å². The Bertz CT molecular complexity index is 1020. The molecule has 162 valence electrons. The lowest BCUT2D eigenvalue weighted by Gasteiger charge is -2.45. The molecule has 1 amide bonds. The molecule has 1 atom stereocenters. The fourth-order valence-electron chi connectivity index (χ4n) is 4.14. The molecular weight excluding hydrogens is 422 g/mol. The molecule has 1 N–H and O–H groups in total. The van der Waals surface area contributed by atoms with Crippen LogP contribution in [-0.4, -0.2) is 48.5 Å². The van der Waals surface area contributed by atoms with Crippen LogP contribution in [0.15, 0.2) is 42.5 Å². The molecule has 6 nitrogen and oxygen atoms in total. The lowest BCUT2D eigenvalue weighted by atomic mass is 9.70. The van der Waals surface area contributed by atoms with Gasteiger partial charge in [-0.25, -0.2) is 12.7 Å². The van der Waals surface area contributed by atoms with E-state index in [0.717, 1.165) is 11.4 Å². The molecular formula is C22H28ClN3O3S. The van der Waals surface area contributed by atoms with Crippen LogP contribution in [0.4, 0.5) is 0 Å². The number of nitrogens with zero attached hydrogens (tertiary/aromatic N) is 2. The summed E-state index contributed by atoms with van der Waals surface area (Å²) in [5, 5.41) is 3.50. The van der Waals surface area contributed by atoms with Crippen LogP contribution in [0.2, 0.25) is 5.02 Å². The van der Waals surface area contributed by atoms with Crippen LogP contribution in [0.1, 0.15) is 48.4 Å². The van der Waals surface area contributed by atoms with Crippen molar-refractivity contribution in [3.05, 3.63) is 64.4 Å². The van der Waals surface area contributed by atoms with Gasteiger partial charge in [0.2, 0.25) is 10.0 Å². The highest BCUT2D eigenvalue weighted by Gasteiger charge is 2.44. The first-order valence-corrected chi connectivity index (χ1v) is 12.2. The van der Waals surface area contributed by atoms with Crippen LogP contribution >= 0.6 is 11.6 Å². The fraction of sp³-hybridized carbons (Fsp3) is 0.455. The quantitative estimate of drug-likeness (QED) is 0.731. The Kier molecular flexibility index (Phi) is 6.84. The largest absolute Gasteiger partial charge is 0.349 e. The van der Waals surface area contributed by atoms with Crippen LogP contribution in [0.25, 0.3) is 0 Å². The highest BCUT2D eigenvalue weighted by atomic mass is 35.5. The van der Waals surface area contributed by atoms with Crippen LogP contribution in [0, 0.1) is 6.92 Å². The first-order chi connectivity index (χ1) is 14.2. The molecule has 3 rings (SSSR count). The van der Waals surface area contributed by atoms with Gasteiger partial charge in [0, 0.05) is 35.9 Å². The first kappa shape index (κ1) is 22.7. The molecule has 2 heterocycles. The third-order valence-electron chi connectivity index (χ3n) is 6.07. The number of hydrogen-bond acceptors (Lipinski definition) is 4. The lowest BCUT2D eigenvalue weighted by molar-refractivity contribution is 0.0893. The molecule has 0 saturated carbocycles. The predicted octanol–water partition coefficient (Wildman–Crippen LogP) is 3.55. The molecule has 30 heavy (non-hydrogen) atoms. The zero-order valence-electron chi connectivity index (χ0n) is 17.6. The lowest BCUT2D eigenvalue weighted by Crippen LogP contribution is -2.55. The van der Waals surface area contributed by atoms with Crippen molar-refractivity contribution in [3.63, 3.8) is 0 Å². The molecule has 1 fully saturated rings. The summed E-state index contributed by atoms with van der Waals surface area (Å²) in [7, 11) is -3.25. The highest BCUT2D eigenvalue weighted by Crippen LogP contribution is 2.39. The molecule has 0 radical (unpaired) electrons. The van der Waals surface area contributed by atoms with Gasteiger partial charge in [-0.05, 0) is 57.9 Å². The molecule has 1 unspecified atom stereocenters. The molecule has 1 aromatic carbocycles. The Morgan fingerprint density at radius 1 is 1.20 bits per heavy atom. The summed E-state index contributed by atoms with van der Waals surface area (Å²) < 4.78 is 26.2. The number of rotatable bonds is 6. The van der Waals surface area contributed by atoms with Crippen molar-refractivity contribution in [2.24, 2.45) is 0 Å². The van der Waals surface area contributed by atoms with E-state index < -0.39 is 15.4 Å². The van der Waals surface area contributed by atoms with E-state index in [-0.39, 0.29) is 17.7 Å². The van der Waals surface area contributed by atoms with Crippen molar-refractivity contribution >= 4 is 27.5 Å². The molecule has 2 aromatic rings. The smallest absolute Gasteiger partial charge is 0.253 e. The van der Waals surface area contributed by atoms with E-state index in [4.69, 9.17) is 16.6 Å². The molecule has 8 heteroatoms. The van der Waals surface area contributed by atoms with Crippen molar-refractivity contribution in [1.29, 1.82) is 0 Å². The maximum Gasteiger partial charge on any atom is 0.253 e. The number of aromatic nitrogens is 1. The number of aryl methyl sites for hydroxylation is 1. The monoisotopic (exact) mass is 449 g/mol. The zero-order chi connectivity index (χ0) is 21.9. The van der Waals surface area contributed by atoms with Crippen LogP contribution in [-0.2, 0) is 15.4 Å². The number of benzene rings is 1. The maximum atomic E-state index is 12.9. The van der Waals surface area contributed by atoms with E-state index >= 15 is 0 Å². The maximum absolute atomic E-state index is 12.9. The molecule has 0 aliphatic carbocycles. The Labute approximate surface area is 183 Å². The minimum absolute atomic E-state index is 0.0848. The molecule has 1 aromatic heterocycles. The highest BCUT2D eigenvalue weighted by molar-refractivity contribution is 7.89. The van der Waals surface area contributed by atoms with Gasteiger partial charge in [-0.15, -0.1) is 0 Å². The number of carbonyl (C=O) groups excluding carboxylic acids is 1. The second-order valence-electron chi connectivity index (χ2n) is 7.79. The van der Waals surface area contributed by atoms with Gasteiger partial charge >= 0.3 is 0 Å². The van der Waals surface area contributed by atoms with E-state index in [9.17, 15) is 13.2 Å². The van der Waals surface area contributed by atoms with Gasteiger partial charge in [0.15, 0.2) is 0 Å². The Hall–Kier alpha value is -1.96. The summed E-state index contributed by atoms with van der Waals surface area (Å²) in [5.74, 6) is -0.162. The third kappa shape index (κ3) is 4.53. The predicted molar refractivity (Wildman–Crippen MR) is 119 cm³/mol. The Balaban J connectivity index is 1.91. The molecule has 1 saturated heterocycles. The number of nitrogens with one attached hydrogen (secondary N) is 1. The standard InChI is InChI=1S/C22H28ClN3O3S/c1-4-30(28,29)26-14-12-22(13-15-26,20-11-7-8-16(2)24-20)17(3)25-21(27)18-9-5-6-10-19(18)23/h5-11,17H,4,12-15H2,1-3H3,(H,25,27). The summed E-state index contributed by atoms with van der Waals surface area (Å²) in [5.41, 5.74) is 1.72. The first-order valence-electron chi connectivity index (χ1n) is 10.2. The third-order valence-corrected chi connectivity index (χ3v) is 8.28. The van der Waals surface area contributed by atoms with Gasteiger partial charge in [0.1, 0.15) is 0 Å². The van der Waals surface area contributed by atoms with Crippen LogP contribution in [0.5, 0.6) is 0 Å². The fourth-order valence-corrected chi connectivity index (χ4v) is 5.46. The summed E-state index contributed by atoms with van der Waals surface area (Å²) in [4.78, 5) is 17.7. The van der Waals surface area contributed by atoms with E-state index in [1.54, 1.807) is 35.5 Å². The zero-order valence-corrected chi connectivity index (χ0v) is 19.1. The molecule has 0 spiro atoms. The second-order valence-corrected chi connectivity index (χ2v) is 10.5. The van der Waals surface area contributed by atoms with Crippen molar-refractivity contribution in [3.8, 4) is 0 Å². The minimum Gasteiger partial charge on any atom is -0.349 e. The second kappa shape index (κ2) is 9.04. The number of sulfonamides is 1. The summed E-state index contributed by atoms with van der Waals surface area (Å²) in [6.07, 6.45) is 1.15. The number of piperidine rings is 1. The normalized spacial score (nSPS) is 18.0. The number of amides is 1. The average molecular weight is 450 g/mol. The SMILES string of the molecule is CCS(=O)(=O)N1CCC(c2cccc(C)n2)(C(C)NC(=O)c2ccccc2Cl)CC1. The number of hydrogen-bond donors (Lipinski definition) is 1.